The Labute approximate surface area is 127 Å². The molecule has 110 valence electrons. The van der Waals surface area contributed by atoms with Gasteiger partial charge in [-0.05, 0) is 42.7 Å². The molecule has 21 heavy (non-hydrogen) atoms. The molecule has 1 aliphatic rings. The Kier molecular flexibility index (Phi) is 4.91. The molecule has 5 heteroatoms. The first kappa shape index (κ1) is 15.4. The van der Waals surface area contributed by atoms with Gasteiger partial charge in [0, 0.05) is 18.7 Å². The minimum absolute atomic E-state index is 0.0461. The molecule has 3 nitrogen and oxygen atoms in total. The van der Waals surface area contributed by atoms with E-state index in [0.29, 0.717) is 31.4 Å². The van der Waals surface area contributed by atoms with Gasteiger partial charge >= 0.3 is 0 Å². The number of carbonyl (C=O) groups excluding carboxylic acids is 2. The van der Waals surface area contributed by atoms with Crippen LogP contribution in [-0.2, 0) is 16.1 Å². The molecule has 1 aliphatic heterocycles. The van der Waals surface area contributed by atoms with E-state index in [-0.39, 0.29) is 10.9 Å². The number of rotatable bonds is 3. The number of nitrogens with zero attached hydrogens (tertiary/aromatic N) is 1. The fourth-order valence-corrected chi connectivity index (χ4v) is 2.58. The van der Waals surface area contributed by atoms with E-state index in [1.165, 1.54) is 18.2 Å². The van der Waals surface area contributed by atoms with Crippen molar-refractivity contribution in [1.82, 2.24) is 4.90 Å². The SMILES string of the molecule is CC=C1C(=O)N(Cc2ccc(F)c(Cl)c2)CCC1=CC=O. The minimum atomic E-state index is -0.476. The summed E-state index contributed by atoms with van der Waals surface area (Å²) in [6.45, 7) is 2.65. The lowest BCUT2D eigenvalue weighted by Gasteiger charge is -2.30. The molecule has 0 unspecified atom stereocenters. The molecule has 2 rings (SSSR count). The fraction of sp³-hybridized carbons (Fsp3) is 0.250. The smallest absolute Gasteiger partial charge is 0.254 e. The van der Waals surface area contributed by atoms with E-state index in [9.17, 15) is 14.0 Å². The lowest BCUT2D eigenvalue weighted by atomic mass is 9.96. The highest BCUT2D eigenvalue weighted by molar-refractivity contribution is 6.30. The normalized spacial score (nSPS) is 19.4. The second-order valence-corrected chi connectivity index (χ2v) is 5.16. The highest BCUT2D eigenvalue weighted by Crippen LogP contribution is 2.25. The monoisotopic (exact) mass is 307 g/mol. The topological polar surface area (TPSA) is 37.4 Å². The van der Waals surface area contributed by atoms with Gasteiger partial charge in [0.25, 0.3) is 5.91 Å². The van der Waals surface area contributed by atoms with E-state index >= 15 is 0 Å². The van der Waals surface area contributed by atoms with E-state index in [0.717, 1.165) is 11.1 Å². The highest BCUT2D eigenvalue weighted by Gasteiger charge is 2.26. The van der Waals surface area contributed by atoms with Crippen LogP contribution in [0.1, 0.15) is 18.9 Å². The standard InChI is InChI=1S/C16H15ClFNO2/c1-2-13-12(6-8-20)5-7-19(16(13)21)10-11-3-4-15(18)14(17)9-11/h2-4,6,8-9H,5,7,10H2,1H3. The Morgan fingerprint density at radius 1 is 1.43 bits per heavy atom. The number of hydrogen-bond acceptors (Lipinski definition) is 2. The number of carbonyl (C=O) groups is 2. The lowest BCUT2D eigenvalue weighted by Crippen LogP contribution is -2.37. The number of benzene rings is 1. The first-order valence-electron chi connectivity index (χ1n) is 6.61. The van der Waals surface area contributed by atoms with E-state index in [1.54, 1.807) is 24.0 Å². The number of hydrogen-bond donors (Lipinski definition) is 0. The summed E-state index contributed by atoms with van der Waals surface area (Å²) in [5, 5.41) is 0.0461. The van der Waals surface area contributed by atoms with Crippen molar-refractivity contribution in [3.05, 3.63) is 57.9 Å². The molecule has 1 heterocycles. The van der Waals surface area contributed by atoms with Crippen LogP contribution in [0, 0.1) is 5.82 Å². The maximum atomic E-state index is 13.1. The molecule has 0 aromatic heterocycles. The molecule has 1 saturated heterocycles. The summed E-state index contributed by atoms with van der Waals surface area (Å²) in [6.07, 6.45) is 4.46. The van der Waals surface area contributed by atoms with Gasteiger partial charge in [0.2, 0.25) is 0 Å². The van der Waals surface area contributed by atoms with Crippen LogP contribution in [0.5, 0.6) is 0 Å². The summed E-state index contributed by atoms with van der Waals surface area (Å²) < 4.78 is 13.1. The summed E-state index contributed by atoms with van der Waals surface area (Å²) in [4.78, 5) is 24.7. The highest BCUT2D eigenvalue weighted by atomic mass is 35.5. The van der Waals surface area contributed by atoms with Gasteiger partial charge in [-0.1, -0.05) is 23.7 Å². The Bertz CT molecular complexity index is 637. The summed E-state index contributed by atoms with van der Waals surface area (Å²) >= 11 is 5.75. The molecule has 1 aromatic carbocycles. The average molecular weight is 308 g/mol. The Morgan fingerprint density at radius 2 is 2.19 bits per heavy atom. The van der Waals surface area contributed by atoms with Crippen LogP contribution in [0.2, 0.25) is 5.02 Å². The number of likely N-dealkylation sites (tertiary alicyclic amines) is 1. The van der Waals surface area contributed by atoms with Crippen molar-refractivity contribution in [2.75, 3.05) is 6.54 Å². The largest absolute Gasteiger partial charge is 0.334 e. The van der Waals surface area contributed by atoms with Crippen LogP contribution in [0.25, 0.3) is 0 Å². The predicted octanol–water partition coefficient (Wildman–Crippen LogP) is 3.28. The van der Waals surface area contributed by atoms with Gasteiger partial charge in [-0.25, -0.2) is 4.39 Å². The van der Waals surface area contributed by atoms with Gasteiger partial charge in [0.1, 0.15) is 12.1 Å². The molecule has 0 radical (unpaired) electrons. The van der Waals surface area contributed by atoms with Crippen LogP contribution in [0.15, 0.2) is 41.5 Å². The van der Waals surface area contributed by atoms with Gasteiger partial charge in [-0.3, -0.25) is 9.59 Å². The average Bonchev–Trinajstić information content (AvgIpc) is 2.46. The Hall–Kier alpha value is -1.94. The Balaban J connectivity index is 2.19. The molecule has 0 bridgehead atoms. The van der Waals surface area contributed by atoms with E-state index in [2.05, 4.69) is 0 Å². The van der Waals surface area contributed by atoms with Crippen molar-refractivity contribution in [3.8, 4) is 0 Å². The number of piperidine rings is 1. The van der Waals surface area contributed by atoms with Crippen LogP contribution in [0.4, 0.5) is 4.39 Å². The van der Waals surface area contributed by atoms with Crippen molar-refractivity contribution in [2.45, 2.75) is 19.9 Å². The zero-order valence-electron chi connectivity index (χ0n) is 11.6. The van der Waals surface area contributed by atoms with Crippen molar-refractivity contribution in [3.63, 3.8) is 0 Å². The summed E-state index contributed by atoms with van der Waals surface area (Å²) in [5.74, 6) is -0.604. The van der Waals surface area contributed by atoms with Crippen LogP contribution in [0.3, 0.4) is 0 Å². The molecule has 1 fully saturated rings. The van der Waals surface area contributed by atoms with E-state index in [4.69, 9.17) is 11.6 Å². The summed E-state index contributed by atoms with van der Waals surface area (Å²) in [7, 11) is 0. The van der Waals surface area contributed by atoms with Gasteiger partial charge < -0.3 is 4.90 Å². The zero-order chi connectivity index (χ0) is 15.4. The number of halogens is 2. The maximum Gasteiger partial charge on any atom is 0.254 e. The molecule has 0 aliphatic carbocycles. The van der Waals surface area contributed by atoms with Gasteiger partial charge in [-0.15, -0.1) is 0 Å². The molecule has 0 saturated carbocycles. The number of aldehydes is 1. The third kappa shape index (κ3) is 3.39. The quantitative estimate of drug-likeness (QED) is 0.635. The van der Waals surface area contributed by atoms with Crippen LogP contribution >= 0.6 is 11.6 Å². The third-order valence-electron chi connectivity index (χ3n) is 3.43. The number of amides is 1. The van der Waals surface area contributed by atoms with Crippen molar-refractivity contribution >= 4 is 23.8 Å². The van der Waals surface area contributed by atoms with Crippen molar-refractivity contribution in [2.24, 2.45) is 0 Å². The zero-order valence-corrected chi connectivity index (χ0v) is 12.4. The first-order chi connectivity index (χ1) is 10.1. The Morgan fingerprint density at radius 3 is 2.81 bits per heavy atom. The second kappa shape index (κ2) is 6.68. The number of allylic oxidation sites excluding steroid dienone is 2. The molecule has 0 N–H and O–H groups in total. The van der Waals surface area contributed by atoms with Gasteiger partial charge in [-0.2, -0.15) is 0 Å². The molecule has 1 aromatic rings. The van der Waals surface area contributed by atoms with E-state index < -0.39 is 5.82 Å². The van der Waals surface area contributed by atoms with Crippen molar-refractivity contribution < 1.29 is 14.0 Å². The molecule has 1 amide bonds. The first-order valence-corrected chi connectivity index (χ1v) is 6.98. The molecular weight excluding hydrogens is 293 g/mol. The lowest BCUT2D eigenvalue weighted by molar-refractivity contribution is -0.128. The molecular formula is C16H15ClFNO2. The second-order valence-electron chi connectivity index (χ2n) is 4.76. The van der Waals surface area contributed by atoms with E-state index in [1.807, 2.05) is 0 Å². The fourth-order valence-electron chi connectivity index (χ4n) is 2.37. The molecule has 0 spiro atoms. The van der Waals surface area contributed by atoms with Crippen molar-refractivity contribution in [1.29, 1.82) is 0 Å². The van der Waals surface area contributed by atoms with Crippen LogP contribution < -0.4 is 0 Å². The molecule has 0 atom stereocenters. The van der Waals surface area contributed by atoms with Gasteiger partial charge in [0.15, 0.2) is 0 Å². The minimum Gasteiger partial charge on any atom is -0.334 e. The third-order valence-corrected chi connectivity index (χ3v) is 3.72. The van der Waals surface area contributed by atoms with Crippen LogP contribution in [-0.4, -0.2) is 23.6 Å². The summed E-state index contributed by atoms with van der Waals surface area (Å²) in [5.41, 5.74) is 2.07. The van der Waals surface area contributed by atoms with Gasteiger partial charge in [0.05, 0.1) is 5.02 Å². The predicted molar refractivity (Wildman–Crippen MR) is 79.3 cm³/mol. The summed E-state index contributed by atoms with van der Waals surface area (Å²) in [6, 6.07) is 4.43. The maximum absolute atomic E-state index is 13.1.